The summed E-state index contributed by atoms with van der Waals surface area (Å²) >= 11 is 1.86. The molecule has 2 aromatic rings. The fraction of sp³-hybridized carbons (Fsp3) is 0.500. The van der Waals surface area contributed by atoms with Crippen molar-refractivity contribution in [2.45, 2.75) is 31.9 Å². The fourth-order valence-corrected chi connectivity index (χ4v) is 4.87. The van der Waals surface area contributed by atoms with Crippen LogP contribution in [0.25, 0.3) is 0 Å². The molecular formula is C22H31IN4OS. The van der Waals surface area contributed by atoms with E-state index in [9.17, 15) is 0 Å². The second-order valence-electron chi connectivity index (χ2n) is 7.71. The molecule has 1 saturated heterocycles. The molecule has 5 nitrogen and oxygen atoms in total. The molecule has 2 aliphatic heterocycles. The first-order valence-corrected chi connectivity index (χ1v) is 11.1. The Balaban J connectivity index is 0.00000240. The van der Waals surface area contributed by atoms with Crippen LogP contribution in [0.5, 0.6) is 5.75 Å². The standard InChI is InChI=1S/C22H30N4OS.HI/c1-23-22(25-14-19-12-18-7-2-3-9-21(18)27-19)24-13-17-6-4-10-26(15-17)16-20-8-5-11-28-20;/h2-3,5,7-9,11,17,19H,4,6,10,12-16H2,1H3,(H2,23,24,25);1H. The lowest BCUT2D eigenvalue weighted by Crippen LogP contribution is -2.46. The first-order valence-electron chi connectivity index (χ1n) is 10.2. The van der Waals surface area contributed by atoms with Gasteiger partial charge in [0.1, 0.15) is 11.9 Å². The van der Waals surface area contributed by atoms with Crippen molar-refractivity contribution >= 4 is 41.3 Å². The van der Waals surface area contributed by atoms with Crippen LogP contribution in [-0.4, -0.2) is 50.2 Å². The minimum atomic E-state index is 0. The molecule has 0 aliphatic carbocycles. The highest BCUT2D eigenvalue weighted by Gasteiger charge is 2.23. The molecule has 7 heteroatoms. The van der Waals surface area contributed by atoms with Crippen molar-refractivity contribution in [3.63, 3.8) is 0 Å². The number of ether oxygens (including phenoxy) is 1. The van der Waals surface area contributed by atoms with Crippen LogP contribution in [0, 0.1) is 5.92 Å². The summed E-state index contributed by atoms with van der Waals surface area (Å²) in [4.78, 5) is 8.44. The lowest BCUT2D eigenvalue weighted by atomic mass is 9.98. The second-order valence-corrected chi connectivity index (χ2v) is 8.74. The average Bonchev–Trinajstić information content (AvgIpc) is 3.37. The summed E-state index contributed by atoms with van der Waals surface area (Å²) in [6, 6.07) is 12.7. The molecular weight excluding hydrogens is 495 g/mol. The molecule has 4 rings (SSSR count). The highest BCUT2D eigenvalue weighted by molar-refractivity contribution is 14.0. The SMILES string of the molecule is CN=C(NCC1CCCN(Cc2cccs2)C1)NCC1Cc2ccccc2O1.I. The third-order valence-electron chi connectivity index (χ3n) is 5.56. The van der Waals surface area contributed by atoms with Gasteiger partial charge in [0.25, 0.3) is 0 Å². The van der Waals surface area contributed by atoms with Crippen molar-refractivity contribution < 1.29 is 4.74 Å². The summed E-state index contributed by atoms with van der Waals surface area (Å²) in [6.45, 7) is 5.18. The molecule has 2 unspecified atom stereocenters. The van der Waals surface area contributed by atoms with Gasteiger partial charge in [-0.05, 0) is 48.4 Å². The van der Waals surface area contributed by atoms with Crippen molar-refractivity contribution in [2.75, 3.05) is 33.2 Å². The number of para-hydroxylation sites is 1. The maximum atomic E-state index is 6.01. The zero-order chi connectivity index (χ0) is 19.2. The van der Waals surface area contributed by atoms with Gasteiger partial charge in [0.15, 0.2) is 5.96 Å². The number of hydrogen-bond donors (Lipinski definition) is 2. The molecule has 1 aromatic heterocycles. The topological polar surface area (TPSA) is 48.9 Å². The Morgan fingerprint density at radius 2 is 2.07 bits per heavy atom. The Morgan fingerprint density at radius 3 is 2.86 bits per heavy atom. The summed E-state index contributed by atoms with van der Waals surface area (Å²) < 4.78 is 6.01. The fourth-order valence-electron chi connectivity index (χ4n) is 4.12. The van der Waals surface area contributed by atoms with Gasteiger partial charge in [-0.1, -0.05) is 24.3 Å². The molecule has 2 aliphatic rings. The zero-order valence-electron chi connectivity index (χ0n) is 17.0. The molecule has 158 valence electrons. The summed E-state index contributed by atoms with van der Waals surface area (Å²) in [5.41, 5.74) is 1.30. The Kier molecular flexibility index (Phi) is 8.62. The van der Waals surface area contributed by atoms with E-state index in [0.717, 1.165) is 44.3 Å². The van der Waals surface area contributed by atoms with Gasteiger partial charge < -0.3 is 15.4 Å². The number of benzene rings is 1. The monoisotopic (exact) mass is 526 g/mol. The van der Waals surface area contributed by atoms with Gasteiger partial charge in [-0.15, -0.1) is 35.3 Å². The number of halogens is 1. The van der Waals surface area contributed by atoms with E-state index in [2.05, 4.69) is 50.2 Å². The van der Waals surface area contributed by atoms with Gasteiger partial charge in [0.2, 0.25) is 0 Å². The molecule has 0 amide bonds. The smallest absolute Gasteiger partial charge is 0.191 e. The Hall–Kier alpha value is -1.32. The minimum Gasteiger partial charge on any atom is -0.488 e. The number of hydrogen-bond acceptors (Lipinski definition) is 4. The summed E-state index contributed by atoms with van der Waals surface area (Å²) in [5, 5.41) is 9.13. The summed E-state index contributed by atoms with van der Waals surface area (Å²) in [7, 11) is 1.84. The van der Waals surface area contributed by atoms with E-state index in [1.165, 1.54) is 29.8 Å². The van der Waals surface area contributed by atoms with Crippen LogP contribution in [0.4, 0.5) is 0 Å². The van der Waals surface area contributed by atoms with E-state index < -0.39 is 0 Å². The van der Waals surface area contributed by atoms with Gasteiger partial charge in [0.05, 0.1) is 6.54 Å². The highest BCUT2D eigenvalue weighted by atomic mass is 127. The predicted molar refractivity (Wildman–Crippen MR) is 132 cm³/mol. The Morgan fingerprint density at radius 1 is 1.21 bits per heavy atom. The largest absolute Gasteiger partial charge is 0.488 e. The van der Waals surface area contributed by atoms with Crippen molar-refractivity contribution in [3.05, 3.63) is 52.2 Å². The van der Waals surface area contributed by atoms with Crippen LogP contribution in [-0.2, 0) is 13.0 Å². The van der Waals surface area contributed by atoms with E-state index in [0.29, 0.717) is 5.92 Å². The maximum absolute atomic E-state index is 6.01. The molecule has 29 heavy (non-hydrogen) atoms. The molecule has 2 atom stereocenters. The molecule has 1 fully saturated rings. The molecule has 3 heterocycles. The van der Waals surface area contributed by atoms with Crippen LogP contribution in [0.2, 0.25) is 0 Å². The number of aliphatic imine (C=N–C) groups is 1. The molecule has 0 saturated carbocycles. The number of nitrogens with zero attached hydrogens (tertiary/aromatic N) is 2. The Labute approximate surface area is 195 Å². The Bertz CT molecular complexity index is 758. The van der Waals surface area contributed by atoms with E-state index in [4.69, 9.17) is 4.74 Å². The van der Waals surface area contributed by atoms with Crippen LogP contribution >= 0.6 is 35.3 Å². The van der Waals surface area contributed by atoms with Crippen molar-refractivity contribution in [1.29, 1.82) is 0 Å². The molecule has 0 spiro atoms. The van der Waals surface area contributed by atoms with Gasteiger partial charge in [-0.2, -0.15) is 0 Å². The first-order chi connectivity index (χ1) is 13.8. The lowest BCUT2D eigenvalue weighted by Gasteiger charge is -2.32. The van der Waals surface area contributed by atoms with Gasteiger partial charge in [0, 0.05) is 38.0 Å². The highest BCUT2D eigenvalue weighted by Crippen LogP contribution is 2.27. The number of rotatable bonds is 6. The third kappa shape index (κ3) is 6.33. The van der Waals surface area contributed by atoms with Crippen LogP contribution in [0.15, 0.2) is 46.8 Å². The average molecular weight is 526 g/mol. The van der Waals surface area contributed by atoms with E-state index >= 15 is 0 Å². The summed E-state index contributed by atoms with van der Waals surface area (Å²) in [6.07, 6.45) is 3.69. The van der Waals surface area contributed by atoms with Crippen LogP contribution in [0.3, 0.4) is 0 Å². The zero-order valence-corrected chi connectivity index (χ0v) is 20.1. The number of guanidine groups is 1. The van der Waals surface area contributed by atoms with Crippen molar-refractivity contribution in [2.24, 2.45) is 10.9 Å². The van der Waals surface area contributed by atoms with Gasteiger partial charge in [-0.3, -0.25) is 9.89 Å². The number of fused-ring (bicyclic) bond motifs is 1. The summed E-state index contributed by atoms with van der Waals surface area (Å²) in [5.74, 6) is 2.56. The lowest BCUT2D eigenvalue weighted by molar-refractivity contribution is 0.169. The van der Waals surface area contributed by atoms with Crippen molar-refractivity contribution in [3.8, 4) is 5.75 Å². The van der Waals surface area contributed by atoms with Crippen LogP contribution in [0.1, 0.15) is 23.3 Å². The quantitative estimate of drug-likeness (QED) is 0.342. The van der Waals surface area contributed by atoms with Crippen LogP contribution < -0.4 is 15.4 Å². The number of thiophene rings is 1. The predicted octanol–water partition coefficient (Wildman–Crippen LogP) is 3.75. The number of piperidine rings is 1. The normalized spacial score (nSPS) is 21.8. The maximum Gasteiger partial charge on any atom is 0.191 e. The molecule has 0 radical (unpaired) electrons. The number of likely N-dealkylation sites (tertiary alicyclic amines) is 1. The van der Waals surface area contributed by atoms with E-state index in [1.807, 2.05) is 30.5 Å². The van der Waals surface area contributed by atoms with Gasteiger partial charge >= 0.3 is 0 Å². The van der Waals surface area contributed by atoms with E-state index in [1.54, 1.807) is 0 Å². The molecule has 2 N–H and O–H groups in total. The number of nitrogens with one attached hydrogen (secondary N) is 2. The van der Waals surface area contributed by atoms with Gasteiger partial charge in [-0.25, -0.2) is 0 Å². The van der Waals surface area contributed by atoms with Crippen molar-refractivity contribution in [1.82, 2.24) is 15.5 Å². The first kappa shape index (κ1) is 22.4. The second kappa shape index (κ2) is 11.2. The molecule has 0 bridgehead atoms. The molecule has 1 aromatic carbocycles. The third-order valence-corrected chi connectivity index (χ3v) is 6.42. The minimum absolute atomic E-state index is 0. The van der Waals surface area contributed by atoms with E-state index in [-0.39, 0.29) is 30.1 Å².